The van der Waals surface area contributed by atoms with Gasteiger partial charge in [-0.3, -0.25) is 14.4 Å². The Morgan fingerprint density at radius 1 is 1.04 bits per heavy atom. The van der Waals surface area contributed by atoms with Crippen LogP contribution >= 0.6 is 11.3 Å². The van der Waals surface area contributed by atoms with Crippen molar-refractivity contribution in [1.82, 2.24) is 15.5 Å². The summed E-state index contributed by atoms with van der Waals surface area (Å²) in [5, 5.41) is 7.46. The Kier molecular flexibility index (Phi) is 7.19. The van der Waals surface area contributed by atoms with Gasteiger partial charge >= 0.3 is 0 Å². The van der Waals surface area contributed by atoms with Crippen LogP contribution < -0.4 is 10.6 Å². The van der Waals surface area contributed by atoms with E-state index >= 15 is 0 Å². The van der Waals surface area contributed by atoms with Gasteiger partial charge < -0.3 is 15.5 Å². The molecule has 2 N–H and O–H groups in total. The van der Waals surface area contributed by atoms with Crippen LogP contribution in [0.4, 0.5) is 0 Å². The van der Waals surface area contributed by atoms with Crippen LogP contribution in [-0.4, -0.2) is 48.3 Å². The van der Waals surface area contributed by atoms with E-state index in [4.69, 9.17) is 0 Å². The third-order valence-corrected chi connectivity index (χ3v) is 5.61. The molecule has 3 amide bonds. The number of rotatable bonds is 8. The van der Waals surface area contributed by atoms with Crippen molar-refractivity contribution in [3.63, 3.8) is 0 Å². The van der Waals surface area contributed by atoms with E-state index in [9.17, 15) is 14.4 Å². The maximum Gasteiger partial charge on any atom is 0.262 e. The summed E-state index contributed by atoms with van der Waals surface area (Å²) >= 11 is 1.33. The Hall–Kier alpha value is -2.67. The minimum Gasteiger partial charge on any atom is -0.354 e. The second-order valence-corrected chi connectivity index (χ2v) is 7.77. The molecule has 28 heavy (non-hydrogen) atoms. The molecule has 1 aromatic carbocycles. The Balaban J connectivity index is 1.57. The smallest absolute Gasteiger partial charge is 0.262 e. The predicted molar refractivity (Wildman–Crippen MR) is 109 cm³/mol. The summed E-state index contributed by atoms with van der Waals surface area (Å²) < 4.78 is 0. The molecule has 1 atom stereocenters. The van der Waals surface area contributed by atoms with Gasteiger partial charge in [0, 0.05) is 32.5 Å². The zero-order chi connectivity index (χ0) is 19.8. The van der Waals surface area contributed by atoms with Gasteiger partial charge in [-0.25, -0.2) is 0 Å². The van der Waals surface area contributed by atoms with E-state index in [-0.39, 0.29) is 30.7 Å². The summed E-state index contributed by atoms with van der Waals surface area (Å²) in [6.45, 7) is 1.88. The molecule has 3 rings (SSSR count). The quantitative estimate of drug-likeness (QED) is 0.714. The van der Waals surface area contributed by atoms with E-state index in [1.54, 1.807) is 12.1 Å². The van der Waals surface area contributed by atoms with Crippen LogP contribution in [0.2, 0.25) is 0 Å². The summed E-state index contributed by atoms with van der Waals surface area (Å²) in [5.74, 6) is -0.470. The molecule has 0 bridgehead atoms. The molecule has 1 saturated heterocycles. The SMILES string of the molecule is O=C(N[C@@H](Cc1ccccc1)C(=O)NCCC(=O)N1CCCC1)c1cccs1. The lowest BCUT2D eigenvalue weighted by Crippen LogP contribution is -2.48. The number of amides is 3. The fourth-order valence-corrected chi connectivity index (χ4v) is 3.86. The number of nitrogens with zero attached hydrogens (tertiary/aromatic N) is 1. The van der Waals surface area contributed by atoms with Crippen LogP contribution in [0.5, 0.6) is 0 Å². The second kappa shape index (κ2) is 10.0. The van der Waals surface area contributed by atoms with E-state index in [0.717, 1.165) is 31.5 Å². The molecule has 6 nitrogen and oxygen atoms in total. The molecule has 2 aromatic rings. The summed E-state index contributed by atoms with van der Waals surface area (Å²) in [4.78, 5) is 39.7. The molecule has 2 heterocycles. The van der Waals surface area contributed by atoms with Crippen molar-refractivity contribution in [1.29, 1.82) is 0 Å². The molecule has 0 unspecified atom stereocenters. The Morgan fingerprint density at radius 3 is 2.46 bits per heavy atom. The van der Waals surface area contributed by atoms with Gasteiger partial charge in [-0.05, 0) is 29.9 Å². The van der Waals surface area contributed by atoms with Crippen molar-refractivity contribution in [2.75, 3.05) is 19.6 Å². The van der Waals surface area contributed by atoms with Gasteiger partial charge in [0.15, 0.2) is 0 Å². The molecule has 1 aliphatic rings. The number of carbonyl (C=O) groups excluding carboxylic acids is 3. The lowest BCUT2D eigenvalue weighted by molar-refractivity contribution is -0.130. The molecule has 1 aliphatic heterocycles. The molecule has 1 aromatic heterocycles. The number of likely N-dealkylation sites (tertiary alicyclic amines) is 1. The fourth-order valence-electron chi connectivity index (χ4n) is 3.24. The number of benzene rings is 1. The van der Waals surface area contributed by atoms with E-state index in [0.29, 0.717) is 11.3 Å². The Labute approximate surface area is 168 Å². The van der Waals surface area contributed by atoms with Crippen LogP contribution in [-0.2, 0) is 16.0 Å². The molecule has 0 saturated carbocycles. The third-order valence-electron chi connectivity index (χ3n) is 4.75. The number of thiophene rings is 1. The van der Waals surface area contributed by atoms with Gasteiger partial charge in [0.25, 0.3) is 5.91 Å². The van der Waals surface area contributed by atoms with Crippen LogP contribution in [0.1, 0.15) is 34.5 Å². The van der Waals surface area contributed by atoms with Crippen molar-refractivity contribution < 1.29 is 14.4 Å². The summed E-state index contributed by atoms with van der Waals surface area (Å²) in [6, 6.07) is 12.4. The number of hydrogen-bond acceptors (Lipinski definition) is 4. The first-order valence-corrected chi connectivity index (χ1v) is 10.5. The first-order chi connectivity index (χ1) is 13.6. The molecule has 148 valence electrons. The van der Waals surface area contributed by atoms with Crippen molar-refractivity contribution >= 4 is 29.1 Å². The number of nitrogens with one attached hydrogen (secondary N) is 2. The molecule has 0 spiro atoms. The zero-order valence-corrected chi connectivity index (χ0v) is 16.5. The topological polar surface area (TPSA) is 78.5 Å². The van der Waals surface area contributed by atoms with Gasteiger partial charge in [0.2, 0.25) is 11.8 Å². The summed E-state index contributed by atoms with van der Waals surface area (Å²) in [5.41, 5.74) is 0.960. The lowest BCUT2D eigenvalue weighted by atomic mass is 10.0. The first kappa shape index (κ1) is 20.1. The highest BCUT2D eigenvalue weighted by Crippen LogP contribution is 2.11. The minimum atomic E-state index is -0.695. The van der Waals surface area contributed by atoms with Gasteiger partial charge in [-0.2, -0.15) is 0 Å². The molecule has 0 radical (unpaired) electrons. The number of hydrogen-bond donors (Lipinski definition) is 2. The highest BCUT2D eigenvalue weighted by molar-refractivity contribution is 7.12. The van der Waals surface area contributed by atoms with Crippen LogP contribution in [0.3, 0.4) is 0 Å². The van der Waals surface area contributed by atoms with Gasteiger partial charge in [0.1, 0.15) is 6.04 Å². The van der Waals surface area contributed by atoms with Crippen molar-refractivity contribution in [2.24, 2.45) is 0 Å². The van der Waals surface area contributed by atoms with E-state index in [1.165, 1.54) is 11.3 Å². The van der Waals surface area contributed by atoms with Crippen molar-refractivity contribution in [2.45, 2.75) is 31.7 Å². The average molecular weight is 400 g/mol. The Bertz CT molecular complexity index is 786. The van der Waals surface area contributed by atoms with E-state index in [1.807, 2.05) is 40.6 Å². The minimum absolute atomic E-state index is 0.0695. The molecule has 1 fully saturated rings. The van der Waals surface area contributed by atoms with E-state index in [2.05, 4.69) is 10.6 Å². The predicted octanol–water partition coefficient (Wildman–Crippen LogP) is 2.22. The van der Waals surface area contributed by atoms with Gasteiger partial charge in [-0.1, -0.05) is 36.4 Å². The third kappa shape index (κ3) is 5.66. The van der Waals surface area contributed by atoms with Crippen LogP contribution in [0.25, 0.3) is 0 Å². The largest absolute Gasteiger partial charge is 0.354 e. The zero-order valence-electron chi connectivity index (χ0n) is 15.7. The van der Waals surface area contributed by atoms with Gasteiger partial charge in [0.05, 0.1) is 4.88 Å². The molecular weight excluding hydrogens is 374 g/mol. The summed E-state index contributed by atoms with van der Waals surface area (Å²) in [7, 11) is 0. The molecule has 0 aliphatic carbocycles. The standard InChI is InChI=1S/C21H25N3O3S/c25-19(24-12-4-5-13-24)10-11-22-20(26)17(15-16-7-2-1-3-8-16)23-21(27)18-9-6-14-28-18/h1-3,6-9,14,17H,4-5,10-13,15H2,(H,22,26)(H,23,27)/t17-/m0/s1. The van der Waals surface area contributed by atoms with Crippen LogP contribution in [0, 0.1) is 0 Å². The first-order valence-electron chi connectivity index (χ1n) is 9.57. The molecular formula is C21H25N3O3S. The average Bonchev–Trinajstić information content (AvgIpc) is 3.42. The van der Waals surface area contributed by atoms with Gasteiger partial charge in [-0.15, -0.1) is 11.3 Å². The second-order valence-electron chi connectivity index (χ2n) is 6.82. The fraction of sp³-hybridized carbons (Fsp3) is 0.381. The van der Waals surface area contributed by atoms with Crippen molar-refractivity contribution in [3.8, 4) is 0 Å². The molecule has 7 heteroatoms. The van der Waals surface area contributed by atoms with Crippen molar-refractivity contribution in [3.05, 3.63) is 58.3 Å². The summed E-state index contributed by atoms with van der Waals surface area (Å²) in [6.07, 6.45) is 2.77. The highest BCUT2D eigenvalue weighted by Gasteiger charge is 2.23. The highest BCUT2D eigenvalue weighted by atomic mass is 32.1. The Morgan fingerprint density at radius 2 is 1.79 bits per heavy atom. The maximum absolute atomic E-state index is 12.7. The number of carbonyl (C=O) groups is 3. The van der Waals surface area contributed by atoms with Crippen LogP contribution in [0.15, 0.2) is 47.8 Å². The lowest BCUT2D eigenvalue weighted by Gasteiger charge is -2.19. The maximum atomic E-state index is 12.7. The normalized spacial score (nSPS) is 14.5. The monoisotopic (exact) mass is 399 g/mol. The van der Waals surface area contributed by atoms with E-state index < -0.39 is 6.04 Å².